The maximum Gasteiger partial charge on any atom is 0.0897 e. The molecule has 0 heterocycles. The van der Waals surface area contributed by atoms with Crippen LogP contribution < -0.4 is 5.32 Å². The van der Waals surface area contributed by atoms with Crippen molar-refractivity contribution in [3.63, 3.8) is 0 Å². The van der Waals surface area contributed by atoms with E-state index in [1.54, 1.807) is 0 Å². The van der Waals surface area contributed by atoms with Gasteiger partial charge in [-0.25, -0.2) is 0 Å². The second-order valence-electron chi connectivity index (χ2n) is 5.23. The van der Waals surface area contributed by atoms with Crippen molar-refractivity contribution in [3.8, 4) is 0 Å². The van der Waals surface area contributed by atoms with Gasteiger partial charge in [0.25, 0.3) is 0 Å². The van der Waals surface area contributed by atoms with Crippen molar-refractivity contribution < 1.29 is 14.9 Å². The van der Waals surface area contributed by atoms with Gasteiger partial charge < -0.3 is 20.3 Å². The van der Waals surface area contributed by atoms with Crippen LogP contribution in [0.15, 0.2) is 0 Å². The fourth-order valence-electron chi connectivity index (χ4n) is 2.00. The SMILES string of the molecule is CCCCCCOCC(O)CNCC(CC)CCO. The van der Waals surface area contributed by atoms with Crippen LogP contribution in [-0.4, -0.2) is 49.2 Å². The zero-order chi connectivity index (χ0) is 14.3. The van der Waals surface area contributed by atoms with Gasteiger partial charge in [0.1, 0.15) is 0 Å². The molecule has 0 rings (SSSR count). The molecule has 19 heavy (non-hydrogen) atoms. The zero-order valence-corrected chi connectivity index (χ0v) is 12.7. The van der Waals surface area contributed by atoms with Crippen LogP contribution >= 0.6 is 0 Å². The highest BCUT2D eigenvalue weighted by Crippen LogP contribution is 2.05. The summed E-state index contributed by atoms with van der Waals surface area (Å²) < 4.78 is 5.44. The minimum atomic E-state index is -0.433. The second kappa shape index (κ2) is 14.3. The van der Waals surface area contributed by atoms with E-state index < -0.39 is 6.10 Å². The summed E-state index contributed by atoms with van der Waals surface area (Å²) in [6, 6.07) is 0. The molecule has 2 unspecified atom stereocenters. The molecular weight excluding hydrogens is 242 g/mol. The van der Waals surface area contributed by atoms with E-state index in [1.165, 1.54) is 19.3 Å². The molecule has 0 saturated heterocycles. The molecule has 0 aromatic heterocycles. The Bertz CT molecular complexity index is 179. The molecule has 0 spiro atoms. The summed E-state index contributed by atoms with van der Waals surface area (Å²) in [7, 11) is 0. The number of aliphatic hydroxyl groups excluding tert-OH is 2. The van der Waals surface area contributed by atoms with E-state index in [2.05, 4.69) is 19.2 Å². The molecular formula is C15H33NO3. The van der Waals surface area contributed by atoms with E-state index in [-0.39, 0.29) is 6.61 Å². The molecule has 3 N–H and O–H groups in total. The molecule has 0 amide bonds. The van der Waals surface area contributed by atoms with Gasteiger partial charge in [0.05, 0.1) is 12.7 Å². The van der Waals surface area contributed by atoms with E-state index in [9.17, 15) is 5.11 Å². The first-order valence-corrected chi connectivity index (χ1v) is 7.81. The lowest BCUT2D eigenvalue weighted by Crippen LogP contribution is -2.33. The molecule has 116 valence electrons. The highest BCUT2D eigenvalue weighted by molar-refractivity contribution is 4.64. The van der Waals surface area contributed by atoms with Crippen LogP contribution in [0, 0.1) is 5.92 Å². The van der Waals surface area contributed by atoms with Gasteiger partial charge in [-0.1, -0.05) is 39.5 Å². The van der Waals surface area contributed by atoms with Gasteiger partial charge in [-0.15, -0.1) is 0 Å². The van der Waals surface area contributed by atoms with E-state index >= 15 is 0 Å². The van der Waals surface area contributed by atoms with Crippen LogP contribution in [0.2, 0.25) is 0 Å². The second-order valence-corrected chi connectivity index (χ2v) is 5.23. The van der Waals surface area contributed by atoms with Crippen molar-refractivity contribution in [2.45, 2.75) is 58.5 Å². The average molecular weight is 275 g/mol. The van der Waals surface area contributed by atoms with Crippen molar-refractivity contribution >= 4 is 0 Å². The zero-order valence-electron chi connectivity index (χ0n) is 12.7. The molecule has 2 atom stereocenters. The quantitative estimate of drug-likeness (QED) is 0.424. The van der Waals surface area contributed by atoms with Crippen LogP contribution in [0.5, 0.6) is 0 Å². The summed E-state index contributed by atoms with van der Waals surface area (Å²) in [6.07, 6.45) is 6.24. The molecule has 0 fully saturated rings. The van der Waals surface area contributed by atoms with Gasteiger partial charge in [-0.3, -0.25) is 0 Å². The Morgan fingerprint density at radius 3 is 2.53 bits per heavy atom. The standard InChI is InChI=1S/C15H33NO3/c1-3-5-6-7-10-19-13-15(18)12-16-11-14(4-2)8-9-17/h14-18H,3-13H2,1-2H3. The molecule has 4 nitrogen and oxygen atoms in total. The Balaban J connectivity index is 3.35. The first-order valence-electron chi connectivity index (χ1n) is 7.81. The summed E-state index contributed by atoms with van der Waals surface area (Å²) in [5.41, 5.74) is 0. The molecule has 0 bridgehead atoms. The van der Waals surface area contributed by atoms with Crippen LogP contribution in [-0.2, 0) is 4.74 Å². The number of aliphatic hydroxyl groups is 2. The fraction of sp³-hybridized carbons (Fsp3) is 1.00. The van der Waals surface area contributed by atoms with Gasteiger partial charge >= 0.3 is 0 Å². The fourth-order valence-corrected chi connectivity index (χ4v) is 2.00. The molecule has 0 aliphatic heterocycles. The van der Waals surface area contributed by atoms with Crippen molar-refractivity contribution in [1.82, 2.24) is 5.32 Å². The van der Waals surface area contributed by atoms with Crippen molar-refractivity contribution in [1.29, 1.82) is 0 Å². The minimum Gasteiger partial charge on any atom is -0.396 e. The van der Waals surface area contributed by atoms with E-state index in [0.29, 0.717) is 19.1 Å². The highest BCUT2D eigenvalue weighted by Gasteiger charge is 2.07. The highest BCUT2D eigenvalue weighted by atomic mass is 16.5. The van der Waals surface area contributed by atoms with Crippen LogP contribution in [0.25, 0.3) is 0 Å². The van der Waals surface area contributed by atoms with Crippen molar-refractivity contribution in [2.75, 3.05) is 32.9 Å². The molecule has 0 radical (unpaired) electrons. The number of hydrogen-bond donors (Lipinski definition) is 3. The lowest BCUT2D eigenvalue weighted by molar-refractivity contribution is 0.0349. The van der Waals surface area contributed by atoms with Gasteiger partial charge in [-0.05, 0) is 25.3 Å². The van der Waals surface area contributed by atoms with Crippen molar-refractivity contribution in [2.24, 2.45) is 5.92 Å². The first-order chi connectivity index (χ1) is 9.24. The van der Waals surface area contributed by atoms with Gasteiger partial charge in [0, 0.05) is 19.8 Å². The molecule has 0 aromatic carbocycles. The molecule has 4 heteroatoms. The predicted molar refractivity (Wildman–Crippen MR) is 79.3 cm³/mol. The average Bonchev–Trinajstić information content (AvgIpc) is 2.41. The third-order valence-corrected chi connectivity index (χ3v) is 3.38. The number of hydrogen-bond acceptors (Lipinski definition) is 4. The monoisotopic (exact) mass is 275 g/mol. The Kier molecular flexibility index (Phi) is 14.1. The first kappa shape index (κ1) is 18.8. The lowest BCUT2D eigenvalue weighted by atomic mass is 10.0. The number of ether oxygens (including phenoxy) is 1. The third-order valence-electron chi connectivity index (χ3n) is 3.38. The van der Waals surface area contributed by atoms with Gasteiger partial charge in [-0.2, -0.15) is 0 Å². The molecule has 0 aliphatic rings. The van der Waals surface area contributed by atoms with E-state index in [1.807, 2.05) is 0 Å². The minimum absolute atomic E-state index is 0.240. The largest absolute Gasteiger partial charge is 0.396 e. The number of unbranched alkanes of at least 4 members (excludes halogenated alkanes) is 3. The normalized spacial score (nSPS) is 14.5. The summed E-state index contributed by atoms with van der Waals surface area (Å²) in [5.74, 6) is 0.493. The summed E-state index contributed by atoms with van der Waals surface area (Å²) in [4.78, 5) is 0. The van der Waals surface area contributed by atoms with E-state index in [0.717, 1.165) is 32.4 Å². The van der Waals surface area contributed by atoms with Crippen LogP contribution in [0.4, 0.5) is 0 Å². The van der Waals surface area contributed by atoms with Crippen LogP contribution in [0.3, 0.4) is 0 Å². The molecule has 0 saturated carbocycles. The summed E-state index contributed by atoms with van der Waals surface area (Å²) >= 11 is 0. The van der Waals surface area contributed by atoms with Gasteiger partial charge in [0.15, 0.2) is 0 Å². The Morgan fingerprint density at radius 2 is 1.89 bits per heavy atom. The number of nitrogens with one attached hydrogen (secondary N) is 1. The predicted octanol–water partition coefficient (Wildman–Crippen LogP) is 1.94. The Labute approximate surface area is 118 Å². The summed E-state index contributed by atoms with van der Waals surface area (Å²) in [5, 5.41) is 21.9. The van der Waals surface area contributed by atoms with Gasteiger partial charge in [0.2, 0.25) is 0 Å². The number of rotatable bonds is 14. The smallest absolute Gasteiger partial charge is 0.0897 e. The van der Waals surface area contributed by atoms with Crippen LogP contribution in [0.1, 0.15) is 52.4 Å². The van der Waals surface area contributed by atoms with Crippen molar-refractivity contribution in [3.05, 3.63) is 0 Å². The Hall–Kier alpha value is -0.160. The maximum absolute atomic E-state index is 9.73. The Morgan fingerprint density at radius 1 is 1.11 bits per heavy atom. The molecule has 0 aliphatic carbocycles. The lowest BCUT2D eigenvalue weighted by Gasteiger charge is -2.17. The topological polar surface area (TPSA) is 61.7 Å². The summed E-state index contributed by atoms with van der Waals surface area (Å²) in [6.45, 7) is 7.13. The third kappa shape index (κ3) is 12.6. The maximum atomic E-state index is 9.73. The van der Waals surface area contributed by atoms with E-state index in [4.69, 9.17) is 9.84 Å². The molecule has 0 aromatic rings.